The number of benzene rings is 2. The van der Waals surface area contributed by atoms with Crippen LogP contribution in [0.25, 0.3) is 0 Å². The molecule has 1 aliphatic heterocycles. The zero-order valence-corrected chi connectivity index (χ0v) is 18.1. The van der Waals surface area contributed by atoms with Crippen molar-refractivity contribution in [1.82, 2.24) is 4.90 Å². The van der Waals surface area contributed by atoms with E-state index in [2.05, 4.69) is 10.6 Å². The Morgan fingerprint density at radius 3 is 2.50 bits per heavy atom. The van der Waals surface area contributed by atoms with Crippen LogP contribution in [0.4, 0.5) is 17.1 Å². The van der Waals surface area contributed by atoms with Gasteiger partial charge in [0, 0.05) is 5.69 Å². The average molecular weight is 409 g/mol. The third kappa shape index (κ3) is 4.21. The number of rotatable bonds is 5. The lowest BCUT2D eigenvalue weighted by Crippen LogP contribution is -2.60. The molecule has 0 fully saturated rings. The van der Waals surface area contributed by atoms with Crippen LogP contribution in [0.1, 0.15) is 25.0 Å². The summed E-state index contributed by atoms with van der Waals surface area (Å²) in [5.41, 5.74) is 3.10. The zero-order valence-electron chi connectivity index (χ0n) is 18.1. The van der Waals surface area contributed by atoms with Crippen LogP contribution < -0.4 is 15.5 Å². The highest BCUT2D eigenvalue weighted by atomic mass is 16.2. The van der Waals surface area contributed by atoms with Gasteiger partial charge in [-0.25, -0.2) is 0 Å². The molecular formula is C23H28N4O3. The maximum atomic E-state index is 13.1. The van der Waals surface area contributed by atoms with E-state index in [0.717, 1.165) is 16.8 Å². The number of amides is 3. The number of hydrogen-bond acceptors (Lipinski definition) is 4. The molecule has 3 rings (SSSR count). The van der Waals surface area contributed by atoms with Gasteiger partial charge in [0.15, 0.2) is 0 Å². The summed E-state index contributed by atoms with van der Waals surface area (Å²) in [4.78, 5) is 41.3. The van der Waals surface area contributed by atoms with Gasteiger partial charge in [-0.05, 0) is 64.1 Å². The fraction of sp³-hybridized carbons (Fsp3) is 0.348. The van der Waals surface area contributed by atoms with Crippen LogP contribution in [-0.4, -0.2) is 48.3 Å². The quantitative estimate of drug-likeness (QED) is 0.797. The van der Waals surface area contributed by atoms with Crippen molar-refractivity contribution in [2.45, 2.75) is 33.2 Å². The first kappa shape index (κ1) is 21.5. The van der Waals surface area contributed by atoms with Crippen molar-refractivity contribution in [2.24, 2.45) is 0 Å². The van der Waals surface area contributed by atoms with Crippen LogP contribution in [0, 0.1) is 13.8 Å². The van der Waals surface area contributed by atoms with Gasteiger partial charge in [-0.15, -0.1) is 0 Å². The standard InChI is InChI=1S/C23H28N4O3/c1-15-9-8-11-17(16(15)2)24-20(28)13-26(5)14-21(29)27-19-12-7-6-10-18(19)25-22(30)23(27,3)4/h6-12H,13-14H2,1-5H3,(H,24,28)(H,25,30). The fourth-order valence-electron chi connectivity index (χ4n) is 3.58. The first-order valence-corrected chi connectivity index (χ1v) is 9.89. The van der Waals surface area contributed by atoms with E-state index < -0.39 is 5.54 Å². The predicted octanol–water partition coefficient (Wildman–Crippen LogP) is 2.94. The number of anilines is 3. The average Bonchev–Trinajstić information content (AvgIpc) is 2.65. The first-order valence-electron chi connectivity index (χ1n) is 9.89. The van der Waals surface area contributed by atoms with E-state index in [1.54, 1.807) is 31.9 Å². The molecule has 2 N–H and O–H groups in total. The number of nitrogens with one attached hydrogen (secondary N) is 2. The fourth-order valence-corrected chi connectivity index (χ4v) is 3.58. The maximum Gasteiger partial charge on any atom is 0.250 e. The van der Waals surface area contributed by atoms with Crippen molar-refractivity contribution in [3.05, 3.63) is 53.6 Å². The highest BCUT2D eigenvalue weighted by molar-refractivity contribution is 6.14. The maximum absolute atomic E-state index is 13.1. The van der Waals surface area contributed by atoms with Crippen LogP contribution in [0.2, 0.25) is 0 Å². The SMILES string of the molecule is Cc1cccc(NC(=O)CN(C)CC(=O)N2c3ccccc3NC(=O)C2(C)C)c1C. The molecule has 0 saturated carbocycles. The van der Waals surface area contributed by atoms with Gasteiger partial charge in [-0.3, -0.25) is 24.2 Å². The Morgan fingerprint density at radius 2 is 1.77 bits per heavy atom. The number of carbonyl (C=O) groups is 3. The van der Waals surface area contributed by atoms with Gasteiger partial charge in [0.05, 0.1) is 24.5 Å². The van der Waals surface area contributed by atoms with E-state index in [1.807, 2.05) is 50.2 Å². The minimum atomic E-state index is -1.03. The molecule has 2 aromatic carbocycles. The number of aryl methyl sites for hydroxylation is 1. The Balaban J connectivity index is 1.70. The third-order valence-corrected chi connectivity index (χ3v) is 5.45. The summed E-state index contributed by atoms with van der Waals surface area (Å²) in [6.45, 7) is 7.43. The molecular weight excluding hydrogens is 380 g/mol. The van der Waals surface area contributed by atoms with Gasteiger partial charge in [-0.1, -0.05) is 24.3 Å². The van der Waals surface area contributed by atoms with Gasteiger partial charge in [0.2, 0.25) is 17.7 Å². The van der Waals surface area contributed by atoms with Gasteiger partial charge < -0.3 is 10.6 Å². The van der Waals surface area contributed by atoms with Crippen molar-refractivity contribution in [3.63, 3.8) is 0 Å². The molecule has 1 aliphatic rings. The van der Waals surface area contributed by atoms with Gasteiger partial charge in [-0.2, -0.15) is 0 Å². The monoisotopic (exact) mass is 408 g/mol. The van der Waals surface area contributed by atoms with Crippen LogP contribution in [0.3, 0.4) is 0 Å². The second-order valence-corrected chi connectivity index (χ2v) is 8.23. The number of para-hydroxylation sites is 2. The van der Waals surface area contributed by atoms with Gasteiger partial charge in [0.25, 0.3) is 0 Å². The molecule has 0 unspecified atom stereocenters. The molecule has 158 valence electrons. The molecule has 0 spiro atoms. The predicted molar refractivity (Wildman–Crippen MR) is 119 cm³/mol. The van der Waals surface area contributed by atoms with Crippen LogP contribution in [0.15, 0.2) is 42.5 Å². The van der Waals surface area contributed by atoms with Crippen molar-refractivity contribution in [2.75, 3.05) is 35.7 Å². The lowest BCUT2D eigenvalue weighted by Gasteiger charge is -2.42. The number of fused-ring (bicyclic) bond motifs is 1. The molecule has 30 heavy (non-hydrogen) atoms. The number of hydrogen-bond donors (Lipinski definition) is 2. The normalized spacial score (nSPS) is 14.9. The van der Waals surface area contributed by atoms with Crippen LogP contribution in [0.5, 0.6) is 0 Å². The Morgan fingerprint density at radius 1 is 1.07 bits per heavy atom. The van der Waals surface area contributed by atoms with E-state index in [9.17, 15) is 14.4 Å². The number of nitrogens with zero attached hydrogens (tertiary/aromatic N) is 2. The topological polar surface area (TPSA) is 81.8 Å². The molecule has 0 aromatic heterocycles. The van der Waals surface area contributed by atoms with Gasteiger partial charge >= 0.3 is 0 Å². The van der Waals surface area contributed by atoms with Crippen molar-refractivity contribution in [1.29, 1.82) is 0 Å². The van der Waals surface area contributed by atoms with Crippen molar-refractivity contribution in [3.8, 4) is 0 Å². The van der Waals surface area contributed by atoms with E-state index in [4.69, 9.17) is 0 Å². The highest BCUT2D eigenvalue weighted by Crippen LogP contribution is 2.36. The van der Waals surface area contributed by atoms with Gasteiger partial charge in [0.1, 0.15) is 5.54 Å². The lowest BCUT2D eigenvalue weighted by atomic mass is 9.96. The summed E-state index contributed by atoms with van der Waals surface area (Å²) in [5.74, 6) is -0.691. The Bertz CT molecular complexity index is 1000. The minimum absolute atomic E-state index is 0.00522. The molecule has 0 atom stereocenters. The summed E-state index contributed by atoms with van der Waals surface area (Å²) in [5, 5.41) is 5.75. The molecule has 1 heterocycles. The number of carbonyl (C=O) groups excluding carboxylic acids is 3. The Hall–Kier alpha value is -3.19. The summed E-state index contributed by atoms with van der Waals surface area (Å²) in [6.07, 6.45) is 0. The van der Waals surface area contributed by atoms with E-state index in [-0.39, 0.29) is 30.8 Å². The first-order chi connectivity index (χ1) is 14.1. The molecule has 0 radical (unpaired) electrons. The molecule has 2 aromatic rings. The Kier molecular flexibility index (Phi) is 5.94. The molecule has 7 heteroatoms. The highest BCUT2D eigenvalue weighted by Gasteiger charge is 2.43. The van der Waals surface area contributed by atoms with Crippen molar-refractivity contribution < 1.29 is 14.4 Å². The minimum Gasteiger partial charge on any atom is -0.325 e. The van der Waals surface area contributed by atoms with E-state index in [0.29, 0.717) is 11.4 Å². The summed E-state index contributed by atoms with van der Waals surface area (Å²) in [7, 11) is 1.71. The second kappa shape index (κ2) is 8.28. The second-order valence-electron chi connectivity index (χ2n) is 8.23. The number of likely N-dealkylation sites (N-methyl/N-ethyl adjacent to an activating group) is 1. The molecule has 0 bridgehead atoms. The van der Waals surface area contributed by atoms with Crippen molar-refractivity contribution >= 4 is 34.8 Å². The van der Waals surface area contributed by atoms with Crippen LogP contribution in [-0.2, 0) is 14.4 Å². The summed E-state index contributed by atoms with van der Waals surface area (Å²) < 4.78 is 0. The van der Waals surface area contributed by atoms with Crippen LogP contribution >= 0.6 is 0 Å². The zero-order chi connectivity index (χ0) is 22.1. The largest absolute Gasteiger partial charge is 0.325 e. The van der Waals surface area contributed by atoms with E-state index >= 15 is 0 Å². The molecule has 0 saturated heterocycles. The molecule has 3 amide bonds. The Labute approximate surface area is 177 Å². The lowest BCUT2D eigenvalue weighted by molar-refractivity contribution is -0.127. The third-order valence-electron chi connectivity index (χ3n) is 5.45. The molecule has 0 aliphatic carbocycles. The van der Waals surface area contributed by atoms with E-state index in [1.165, 1.54) is 4.90 Å². The smallest absolute Gasteiger partial charge is 0.250 e. The molecule has 7 nitrogen and oxygen atoms in total. The summed E-state index contributed by atoms with van der Waals surface area (Å²) in [6, 6.07) is 13.0. The summed E-state index contributed by atoms with van der Waals surface area (Å²) >= 11 is 0.